The summed E-state index contributed by atoms with van der Waals surface area (Å²) in [6.07, 6.45) is 5.15. The Morgan fingerprint density at radius 2 is 1.92 bits per heavy atom. The molecule has 1 aliphatic rings. The standard InChI is InChI=1S/C20H23N5/c1-4-18-17-9-6-10-19(24-12-11-23(3)14-24)20(17)25(22-18)13-16-8-5-7-15(2)21-16/h5-12H,4,13-14H2,1-3H3. The topological polar surface area (TPSA) is 37.2 Å². The van der Waals surface area contributed by atoms with Gasteiger partial charge in [0.05, 0.1) is 35.8 Å². The number of rotatable bonds is 4. The molecule has 5 heteroatoms. The molecule has 1 aliphatic heterocycles. The number of para-hydroxylation sites is 1. The van der Waals surface area contributed by atoms with Crippen molar-refractivity contribution in [3.05, 3.63) is 65.9 Å². The number of aromatic nitrogens is 3. The van der Waals surface area contributed by atoms with E-state index in [2.05, 4.69) is 76.2 Å². The van der Waals surface area contributed by atoms with E-state index < -0.39 is 0 Å². The van der Waals surface area contributed by atoms with Crippen LogP contribution in [0.5, 0.6) is 0 Å². The third-order valence-corrected chi connectivity index (χ3v) is 4.60. The molecule has 0 amide bonds. The number of hydrogen-bond donors (Lipinski definition) is 0. The summed E-state index contributed by atoms with van der Waals surface area (Å²) in [7, 11) is 2.09. The molecular weight excluding hydrogens is 310 g/mol. The SMILES string of the molecule is CCc1nn(Cc2cccc(C)n2)c2c(N3C=CN(C)C3)cccc12. The van der Waals surface area contributed by atoms with Crippen LogP contribution in [0.3, 0.4) is 0 Å². The lowest BCUT2D eigenvalue weighted by Gasteiger charge is -2.20. The predicted octanol–water partition coefficient (Wildman–Crippen LogP) is 3.53. The summed E-state index contributed by atoms with van der Waals surface area (Å²) in [5.41, 5.74) is 5.59. The lowest BCUT2D eigenvalue weighted by Crippen LogP contribution is -2.22. The van der Waals surface area contributed by atoms with Crippen molar-refractivity contribution in [2.24, 2.45) is 0 Å². The van der Waals surface area contributed by atoms with Crippen LogP contribution in [0.1, 0.15) is 24.0 Å². The van der Waals surface area contributed by atoms with Crippen LogP contribution in [0.2, 0.25) is 0 Å². The molecule has 0 saturated heterocycles. The summed E-state index contributed by atoms with van der Waals surface area (Å²) in [5.74, 6) is 0. The fourth-order valence-corrected chi connectivity index (χ4v) is 3.42. The van der Waals surface area contributed by atoms with Gasteiger partial charge in [0.25, 0.3) is 0 Å². The molecule has 1 aromatic carbocycles. The fraction of sp³-hybridized carbons (Fsp3) is 0.300. The van der Waals surface area contributed by atoms with Gasteiger partial charge in [0.1, 0.15) is 0 Å². The number of aryl methyl sites for hydroxylation is 2. The van der Waals surface area contributed by atoms with E-state index in [0.717, 1.165) is 30.2 Å². The molecule has 0 N–H and O–H groups in total. The Morgan fingerprint density at radius 3 is 2.64 bits per heavy atom. The zero-order valence-electron chi connectivity index (χ0n) is 15.0. The van der Waals surface area contributed by atoms with Gasteiger partial charge in [-0.2, -0.15) is 5.10 Å². The first-order chi connectivity index (χ1) is 12.2. The molecule has 4 rings (SSSR count). The average molecular weight is 333 g/mol. The highest BCUT2D eigenvalue weighted by molar-refractivity contribution is 5.93. The molecule has 0 fully saturated rings. The highest BCUT2D eigenvalue weighted by Crippen LogP contribution is 2.31. The largest absolute Gasteiger partial charge is 0.361 e. The number of hydrogen-bond acceptors (Lipinski definition) is 4. The van der Waals surface area contributed by atoms with Gasteiger partial charge < -0.3 is 9.80 Å². The van der Waals surface area contributed by atoms with Crippen molar-refractivity contribution in [1.82, 2.24) is 19.7 Å². The molecule has 25 heavy (non-hydrogen) atoms. The molecular formula is C20H23N5. The zero-order valence-corrected chi connectivity index (χ0v) is 15.0. The van der Waals surface area contributed by atoms with Gasteiger partial charge in [-0.3, -0.25) is 9.67 Å². The highest BCUT2D eigenvalue weighted by Gasteiger charge is 2.19. The fourth-order valence-electron chi connectivity index (χ4n) is 3.42. The number of anilines is 1. The Morgan fingerprint density at radius 1 is 1.08 bits per heavy atom. The first-order valence-corrected chi connectivity index (χ1v) is 8.72. The number of nitrogens with zero attached hydrogens (tertiary/aromatic N) is 5. The van der Waals surface area contributed by atoms with Crippen LogP contribution in [0, 0.1) is 6.92 Å². The van der Waals surface area contributed by atoms with Crippen molar-refractivity contribution in [3.63, 3.8) is 0 Å². The molecule has 3 heterocycles. The maximum atomic E-state index is 4.90. The van der Waals surface area contributed by atoms with Gasteiger partial charge in [-0.1, -0.05) is 25.1 Å². The minimum atomic E-state index is 0.683. The summed E-state index contributed by atoms with van der Waals surface area (Å²) >= 11 is 0. The Kier molecular flexibility index (Phi) is 3.92. The summed E-state index contributed by atoms with van der Waals surface area (Å²) < 4.78 is 2.11. The van der Waals surface area contributed by atoms with E-state index >= 15 is 0 Å². The summed E-state index contributed by atoms with van der Waals surface area (Å²) in [4.78, 5) is 9.09. The van der Waals surface area contributed by atoms with Crippen LogP contribution in [-0.4, -0.2) is 33.4 Å². The molecule has 2 aromatic heterocycles. The van der Waals surface area contributed by atoms with Crippen LogP contribution < -0.4 is 4.90 Å². The minimum absolute atomic E-state index is 0.683. The van der Waals surface area contributed by atoms with Gasteiger partial charge in [-0.15, -0.1) is 0 Å². The molecule has 5 nitrogen and oxygen atoms in total. The molecule has 0 aliphatic carbocycles. The van der Waals surface area contributed by atoms with Crippen molar-refractivity contribution >= 4 is 16.6 Å². The van der Waals surface area contributed by atoms with Crippen molar-refractivity contribution in [3.8, 4) is 0 Å². The van der Waals surface area contributed by atoms with E-state index in [1.807, 2.05) is 13.0 Å². The van der Waals surface area contributed by atoms with E-state index in [1.165, 1.54) is 16.6 Å². The van der Waals surface area contributed by atoms with E-state index in [-0.39, 0.29) is 0 Å². The molecule has 3 aromatic rings. The molecule has 0 unspecified atom stereocenters. The van der Waals surface area contributed by atoms with E-state index in [4.69, 9.17) is 5.10 Å². The summed E-state index contributed by atoms with van der Waals surface area (Å²) in [6.45, 7) is 5.72. The minimum Gasteiger partial charge on any atom is -0.361 e. The number of benzene rings is 1. The number of pyridine rings is 1. The molecule has 0 bridgehead atoms. The first-order valence-electron chi connectivity index (χ1n) is 8.72. The third kappa shape index (κ3) is 2.86. The average Bonchev–Trinajstić information content (AvgIpc) is 3.19. The first kappa shape index (κ1) is 15.7. The second-order valence-corrected chi connectivity index (χ2v) is 6.57. The maximum Gasteiger partial charge on any atom is 0.0939 e. The van der Waals surface area contributed by atoms with Gasteiger partial charge in [0.2, 0.25) is 0 Å². The normalized spacial score (nSPS) is 14.0. The smallest absolute Gasteiger partial charge is 0.0939 e. The molecule has 0 saturated carbocycles. The molecule has 0 spiro atoms. The summed E-state index contributed by atoms with van der Waals surface area (Å²) in [5, 5.41) is 6.13. The van der Waals surface area contributed by atoms with Crippen LogP contribution in [0.4, 0.5) is 5.69 Å². The quantitative estimate of drug-likeness (QED) is 0.732. The van der Waals surface area contributed by atoms with Crippen LogP contribution >= 0.6 is 0 Å². The lowest BCUT2D eigenvalue weighted by molar-refractivity contribution is 0.496. The van der Waals surface area contributed by atoms with E-state index in [1.54, 1.807) is 0 Å². The van der Waals surface area contributed by atoms with Crippen LogP contribution in [0.25, 0.3) is 10.9 Å². The van der Waals surface area contributed by atoms with Crippen molar-refractivity contribution in [2.45, 2.75) is 26.8 Å². The predicted molar refractivity (Wildman–Crippen MR) is 101 cm³/mol. The Labute approximate surface area is 148 Å². The van der Waals surface area contributed by atoms with Gasteiger partial charge in [0, 0.05) is 30.5 Å². The van der Waals surface area contributed by atoms with Gasteiger partial charge in [-0.05, 0) is 31.5 Å². The van der Waals surface area contributed by atoms with Crippen LogP contribution in [-0.2, 0) is 13.0 Å². The van der Waals surface area contributed by atoms with E-state index in [9.17, 15) is 0 Å². The van der Waals surface area contributed by atoms with Crippen molar-refractivity contribution in [2.75, 3.05) is 18.6 Å². The second-order valence-electron chi connectivity index (χ2n) is 6.57. The molecule has 0 radical (unpaired) electrons. The second kappa shape index (κ2) is 6.24. The van der Waals surface area contributed by atoms with Gasteiger partial charge in [-0.25, -0.2) is 0 Å². The Balaban J connectivity index is 1.84. The maximum absolute atomic E-state index is 4.90. The van der Waals surface area contributed by atoms with E-state index in [0.29, 0.717) is 6.54 Å². The van der Waals surface area contributed by atoms with Crippen molar-refractivity contribution in [1.29, 1.82) is 0 Å². The van der Waals surface area contributed by atoms with Crippen molar-refractivity contribution < 1.29 is 0 Å². The lowest BCUT2D eigenvalue weighted by atomic mass is 10.1. The van der Waals surface area contributed by atoms with Gasteiger partial charge >= 0.3 is 0 Å². The highest BCUT2D eigenvalue weighted by atomic mass is 15.3. The zero-order chi connectivity index (χ0) is 17.4. The summed E-state index contributed by atoms with van der Waals surface area (Å²) in [6, 6.07) is 12.6. The third-order valence-electron chi connectivity index (χ3n) is 4.60. The Hall–Kier alpha value is -2.82. The van der Waals surface area contributed by atoms with Crippen LogP contribution in [0.15, 0.2) is 48.8 Å². The number of fused-ring (bicyclic) bond motifs is 1. The molecule has 128 valence electrons. The molecule has 0 atom stereocenters. The van der Waals surface area contributed by atoms with Gasteiger partial charge in [0.15, 0.2) is 0 Å². The Bertz CT molecular complexity index is 940. The monoisotopic (exact) mass is 333 g/mol.